The van der Waals surface area contributed by atoms with Gasteiger partial charge in [-0.05, 0) is 44.0 Å². The van der Waals surface area contributed by atoms with Crippen LogP contribution in [0.15, 0.2) is 21.2 Å². The van der Waals surface area contributed by atoms with Crippen molar-refractivity contribution in [1.29, 1.82) is 0 Å². The summed E-state index contributed by atoms with van der Waals surface area (Å²) in [5.41, 5.74) is 0.857. The zero-order chi connectivity index (χ0) is 8.72. The zero-order valence-corrected chi connectivity index (χ0v) is 9.66. The van der Waals surface area contributed by atoms with Gasteiger partial charge in [0.05, 0.1) is 10.5 Å². The SMILES string of the molecule is Clc1cc2n[nH]c(Br)c2cc1Br. The Morgan fingerprint density at radius 1 is 1.33 bits per heavy atom. The molecule has 5 heteroatoms. The molecule has 12 heavy (non-hydrogen) atoms. The Kier molecular flexibility index (Phi) is 2.14. The molecule has 0 saturated heterocycles. The number of halogens is 3. The summed E-state index contributed by atoms with van der Waals surface area (Å²) in [4.78, 5) is 0. The smallest absolute Gasteiger partial charge is 0.108 e. The summed E-state index contributed by atoms with van der Waals surface area (Å²) in [6.45, 7) is 0. The van der Waals surface area contributed by atoms with E-state index < -0.39 is 0 Å². The Hall–Kier alpha value is -0.0600. The average Bonchev–Trinajstić information content (AvgIpc) is 2.35. The lowest BCUT2D eigenvalue weighted by Gasteiger charge is -1.94. The monoisotopic (exact) mass is 308 g/mol. The summed E-state index contributed by atoms with van der Waals surface area (Å²) in [6.07, 6.45) is 0. The molecule has 1 aromatic heterocycles. The van der Waals surface area contributed by atoms with Gasteiger partial charge in [0.25, 0.3) is 0 Å². The van der Waals surface area contributed by atoms with Crippen LogP contribution in [0, 0.1) is 0 Å². The van der Waals surface area contributed by atoms with Gasteiger partial charge in [0.15, 0.2) is 0 Å². The Morgan fingerprint density at radius 2 is 2.08 bits per heavy atom. The minimum Gasteiger partial charge on any atom is -0.270 e. The maximum Gasteiger partial charge on any atom is 0.108 e. The Bertz CT molecular complexity index is 438. The van der Waals surface area contributed by atoms with Gasteiger partial charge in [-0.2, -0.15) is 5.10 Å². The molecule has 1 heterocycles. The highest BCUT2D eigenvalue weighted by molar-refractivity contribution is 9.11. The topological polar surface area (TPSA) is 28.7 Å². The second kappa shape index (κ2) is 3.01. The molecule has 0 aliphatic rings. The van der Waals surface area contributed by atoms with Crippen molar-refractivity contribution >= 4 is 54.4 Å². The first-order chi connectivity index (χ1) is 5.68. The van der Waals surface area contributed by atoms with E-state index in [-0.39, 0.29) is 0 Å². The normalized spacial score (nSPS) is 10.9. The van der Waals surface area contributed by atoms with E-state index in [0.717, 1.165) is 20.0 Å². The highest BCUT2D eigenvalue weighted by Gasteiger charge is 2.05. The molecule has 1 N–H and O–H groups in total. The van der Waals surface area contributed by atoms with E-state index in [4.69, 9.17) is 11.6 Å². The number of rotatable bonds is 0. The molecule has 0 radical (unpaired) electrons. The molecule has 0 aliphatic heterocycles. The van der Waals surface area contributed by atoms with E-state index in [0.29, 0.717) is 5.02 Å². The molecule has 0 atom stereocenters. The van der Waals surface area contributed by atoms with Crippen LogP contribution in [0.3, 0.4) is 0 Å². The standard InChI is InChI=1S/C7H3Br2ClN2/c8-4-1-3-6(2-5(4)10)11-12-7(3)9/h1-2H,(H,11,12). The first-order valence-electron chi connectivity index (χ1n) is 3.17. The molecule has 62 valence electrons. The lowest BCUT2D eigenvalue weighted by Crippen LogP contribution is -1.71. The number of aromatic amines is 1. The first kappa shape index (κ1) is 8.53. The maximum absolute atomic E-state index is 5.88. The predicted octanol–water partition coefficient (Wildman–Crippen LogP) is 3.74. The van der Waals surface area contributed by atoms with Crippen molar-refractivity contribution in [3.05, 3.63) is 26.2 Å². The fourth-order valence-corrected chi connectivity index (χ4v) is 1.88. The number of hydrogen-bond donors (Lipinski definition) is 1. The summed E-state index contributed by atoms with van der Waals surface area (Å²) >= 11 is 12.6. The van der Waals surface area contributed by atoms with Crippen molar-refractivity contribution in [2.75, 3.05) is 0 Å². The fourth-order valence-electron chi connectivity index (χ4n) is 0.974. The van der Waals surface area contributed by atoms with Crippen molar-refractivity contribution in [1.82, 2.24) is 10.2 Å². The van der Waals surface area contributed by atoms with Gasteiger partial charge in [0, 0.05) is 9.86 Å². The van der Waals surface area contributed by atoms with Gasteiger partial charge >= 0.3 is 0 Å². The molecule has 0 saturated carbocycles. The van der Waals surface area contributed by atoms with Crippen LogP contribution in [-0.4, -0.2) is 10.2 Å². The Morgan fingerprint density at radius 3 is 2.83 bits per heavy atom. The summed E-state index contributed by atoms with van der Waals surface area (Å²) < 4.78 is 1.74. The third-order valence-electron chi connectivity index (χ3n) is 1.55. The average molecular weight is 310 g/mol. The van der Waals surface area contributed by atoms with Crippen LogP contribution in [-0.2, 0) is 0 Å². The van der Waals surface area contributed by atoms with Gasteiger partial charge < -0.3 is 0 Å². The van der Waals surface area contributed by atoms with Crippen molar-refractivity contribution in [3.8, 4) is 0 Å². The summed E-state index contributed by atoms with van der Waals surface area (Å²) in [5.74, 6) is 0. The molecule has 2 rings (SSSR count). The van der Waals surface area contributed by atoms with E-state index >= 15 is 0 Å². The third-order valence-corrected chi connectivity index (χ3v) is 3.35. The molecule has 0 aliphatic carbocycles. The maximum atomic E-state index is 5.88. The molecular weight excluding hydrogens is 307 g/mol. The molecular formula is C7H3Br2ClN2. The molecule has 1 aromatic carbocycles. The van der Waals surface area contributed by atoms with Crippen LogP contribution in [0.5, 0.6) is 0 Å². The predicted molar refractivity (Wildman–Crippen MR) is 56.5 cm³/mol. The molecule has 2 nitrogen and oxygen atoms in total. The molecule has 0 bridgehead atoms. The third kappa shape index (κ3) is 1.28. The van der Waals surface area contributed by atoms with E-state index in [1.165, 1.54) is 0 Å². The van der Waals surface area contributed by atoms with E-state index in [9.17, 15) is 0 Å². The Labute approximate surface area is 90.5 Å². The lowest BCUT2D eigenvalue weighted by molar-refractivity contribution is 1.10. The number of hydrogen-bond acceptors (Lipinski definition) is 1. The first-order valence-corrected chi connectivity index (χ1v) is 5.13. The van der Waals surface area contributed by atoms with Crippen molar-refractivity contribution in [2.45, 2.75) is 0 Å². The number of H-pyrrole nitrogens is 1. The second-order valence-corrected chi connectivity index (χ2v) is 4.38. The van der Waals surface area contributed by atoms with Gasteiger partial charge in [-0.3, -0.25) is 5.10 Å². The van der Waals surface area contributed by atoms with Crippen LogP contribution in [0.4, 0.5) is 0 Å². The molecule has 2 aromatic rings. The van der Waals surface area contributed by atoms with Crippen molar-refractivity contribution in [2.24, 2.45) is 0 Å². The number of benzene rings is 1. The number of nitrogens with zero attached hydrogens (tertiary/aromatic N) is 1. The minimum absolute atomic E-state index is 0.668. The van der Waals surface area contributed by atoms with Gasteiger partial charge in [-0.1, -0.05) is 11.6 Å². The summed E-state index contributed by atoms with van der Waals surface area (Å²) in [5, 5.41) is 8.55. The summed E-state index contributed by atoms with van der Waals surface area (Å²) in [7, 11) is 0. The zero-order valence-electron chi connectivity index (χ0n) is 5.74. The van der Waals surface area contributed by atoms with E-state index in [1.54, 1.807) is 0 Å². The number of fused-ring (bicyclic) bond motifs is 1. The molecule has 0 spiro atoms. The van der Waals surface area contributed by atoms with Crippen LogP contribution in [0.25, 0.3) is 10.9 Å². The Balaban J connectivity index is 2.87. The highest BCUT2D eigenvalue weighted by atomic mass is 79.9. The summed E-state index contributed by atoms with van der Waals surface area (Å²) in [6, 6.07) is 3.73. The van der Waals surface area contributed by atoms with Gasteiger partial charge in [0.1, 0.15) is 4.60 Å². The van der Waals surface area contributed by atoms with Crippen LogP contribution in [0.2, 0.25) is 5.02 Å². The van der Waals surface area contributed by atoms with E-state index in [1.807, 2.05) is 12.1 Å². The fraction of sp³-hybridized carbons (Fsp3) is 0. The number of aromatic nitrogens is 2. The van der Waals surface area contributed by atoms with Gasteiger partial charge in [-0.15, -0.1) is 0 Å². The molecule has 0 amide bonds. The van der Waals surface area contributed by atoms with Gasteiger partial charge in [0.2, 0.25) is 0 Å². The quantitative estimate of drug-likeness (QED) is 0.789. The minimum atomic E-state index is 0.668. The van der Waals surface area contributed by atoms with Crippen LogP contribution < -0.4 is 0 Å². The molecule has 0 fully saturated rings. The second-order valence-electron chi connectivity index (χ2n) is 2.32. The largest absolute Gasteiger partial charge is 0.270 e. The van der Waals surface area contributed by atoms with Crippen LogP contribution in [0.1, 0.15) is 0 Å². The van der Waals surface area contributed by atoms with Crippen molar-refractivity contribution in [3.63, 3.8) is 0 Å². The number of nitrogens with one attached hydrogen (secondary N) is 1. The lowest BCUT2D eigenvalue weighted by atomic mass is 10.3. The highest BCUT2D eigenvalue weighted by Crippen LogP contribution is 2.30. The van der Waals surface area contributed by atoms with Crippen LogP contribution >= 0.6 is 43.5 Å². The van der Waals surface area contributed by atoms with E-state index in [2.05, 4.69) is 42.1 Å². The molecule has 0 unspecified atom stereocenters. The van der Waals surface area contributed by atoms with Crippen molar-refractivity contribution < 1.29 is 0 Å². The van der Waals surface area contributed by atoms with Gasteiger partial charge in [-0.25, -0.2) is 0 Å².